The van der Waals surface area contributed by atoms with Gasteiger partial charge in [0.1, 0.15) is 12.7 Å². The van der Waals surface area contributed by atoms with Gasteiger partial charge in [-0.1, -0.05) is 28.1 Å². The van der Waals surface area contributed by atoms with Crippen LogP contribution in [0.1, 0.15) is 24.4 Å². The molecule has 1 atom stereocenters. The molecule has 0 spiro atoms. The van der Waals surface area contributed by atoms with Gasteiger partial charge < -0.3 is 4.90 Å². The molecule has 3 rings (SSSR count). The van der Waals surface area contributed by atoms with Crippen LogP contribution in [0.4, 0.5) is 0 Å². The van der Waals surface area contributed by atoms with Crippen molar-refractivity contribution >= 4 is 21.8 Å². The van der Waals surface area contributed by atoms with Gasteiger partial charge in [-0.15, -0.1) is 0 Å². The van der Waals surface area contributed by atoms with E-state index in [-0.39, 0.29) is 11.9 Å². The van der Waals surface area contributed by atoms with Gasteiger partial charge in [0.2, 0.25) is 5.91 Å². The summed E-state index contributed by atoms with van der Waals surface area (Å²) in [6.45, 7) is 1.55. The Morgan fingerprint density at radius 1 is 1.33 bits per heavy atom. The Morgan fingerprint density at radius 3 is 2.86 bits per heavy atom. The van der Waals surface area contributed by atoms with Crippen LogP contribution in [0.25, 0.3) is 0 Å². The normalized spacial score (nSPS) is 18.7. The largest absolute Gasteiger partial charge is 0.340 e. The zero-order valence-corrected chi connectivity index (χ0v) is 13.2. The third kappa shape index (κ3) is 3.50. The standard InChI is InChI=1S/C15H17BrN4O/c16-13-5-3-12(4-6-13)8-15(21)19-7-1-2-14(9-19)20-11-17-10-18-20/h3-6,10-11,14H,1-2,7-9H2. The Hall–Kier alpha value is -1.69. The van der Waals surface area contributed by atoms with Crippen molar-refractivity contribution in [1.29, 1.82) is 0 Å². The van der Waals surface area contributed by atoms with Crippen LogP contribution in [0.3, 0.4) is 0 Å². The maximum atomic E-state index is 12.4. The Kier molecular flexibility index (Phi) is 4.34. The summed E-state index contributed by atoms with van der Waals surface area (Å²) in [6, 6.07) is 8.16. The smallest absolute Gasteiger partial charge is 0.227 e. The van der Waals surface area contributed by atoms with Crippen LogP contribution >= 0.6 is 15.9 Å². The van der Waals surface area contributed by atoms with Gasteiger partial charge in [0.25, 0.3) is 0 Å². The van der Waals surface area contributed by atoms with Crippen molar-refractivity contribution in [3.8, 4) is 0 Å². The summed E-state index contributed by atoms with van der Waals surface area (Å²) in [5, 5.41) is 4.19. The summed E-state index contributed by atoms with van der Waals surface area (Å²) in [5.41, 5.74) is 1.05. The number of hydrogen-bond donors (Lipinski definition) is 0. The number of piperidine rings is 1. The summed E-state index contributed by atoms with van der Waals surface area (Å²) < 4.78 is 2.89. The molecule has 0 N–H and O–H groups in total. The third-order valence-electron chi connectivity index (χ3n) is 3.83. The predicted molar refractivity (Wildman–Crippen MR) is 82.7 cm³/mol. The highest BCUT2D eigenvalue weighted by Crippen LogP contribution is 2.21. The zero-order valence-electron chi connectivity index (χ0n) is 11.7. The molecule has 2 heterocycles. The number of rotatable bonds is 3. The molecule has 1 aliphatic rings. The van der Waals surface area contributed by atoms with E-state index in [1.54, 1.807) is 12.7 Å². The lowest BCUT2D eigenvalue weighted by Gasteiger charge is -2.32. The monoisotopic (exact) mass is 348 g/mol. The van der Waals surface area contributed by atoms with E-state index in [1.165, 1.54) is 0 Å². The fourth-order valence-electron chi connectivity index (χ4n) is 2.69. The fourth-order valence-corrected chi connectivity index (χ4v) is 2.96. The second-order valence-electron chi connectivity index (χ2n) is 5.31. The molecule has 2 aromatic rings. The SMILES string of the molecule is O=C(Cc1ccc(Br)cc1)N1CCCC(n2cncn2)C1. The molecule has 5 nitrogen and oxygen atoms in total. The average Bonchev–Trinajstić information content (AvgIpc) is 3.04. The lowest BCUT2D eigenvalue weighted by molar-refractivity contribution is -0.132. The lowest BCUT2D eigenvalue weighted by Crippen LogP contribution is -2.41. The minimum absolute atomic E-state index is 0.183. The summed E-state index contributed by atoms with van der Waals surface area (Å²) in [5.74, 6) is 0.183. The van der Waals surface area contributed by atoms with E-state index in [9.17, 15) is 4.79 Å². The summed E-state index contributed by atoms with van der Waals surface area (Å²) in [4.78, 5) is 18.4. The van der Waals surface area contributed by atoms with Crippen LogP contribution in [0.5, 0.6) is 0 Å². The Balaban J connectivity index is 1.63. The number of likely N-dealkylation sites (tertiary alicyclic amines) is 1. The Labute approximate surface area is 132 Å². The molecule has 1 fully saturated rings. The van der Waals surface area contributed by atoms with Crippen LogP contribution in [0.2, 0.25) is 0 Å². The molecule has 1 unspecified atom stereocenters. The predicted octanol–water partition coefficient (Wildman–Crippen LogP) is 2.45. The molecule has 1 aliphatic heterocycles. The van der Waals surface area contributed by atoms with Crippen LogP contribution in [-0.2, 0) is 11.2 Å². The van der Waals surface area contributed by atoms with Crippen molar-refractivity contribution in [3.63, 3.8) is 0 Å². The molecule has 1 amide bonds. The molecule has 6 heteroatoms. The first kappa shape index (κ1) is 14.3. The highest BCUT2D eigenvalue weighted by molar-refractivity contribution is 9.10. The summed E-state index contributed by atoms with van der Waals surface area (Å²) >= 11 is 3.41. The molecule has 0 radical (unpaired) electrons. The number of aromatic nitrogens is 3. The van der Waals surface area contributed by atoms with E-state index < -0.39 is 0 Å². The first-order valence-electron chi connectivity index (χ1n) is 7.09. The molecule has 0 bridgehead atoms. The highest BCUT2D eigenvalue weighted by Gasteiger charge is 2.25. The van der Waals surface area contributed by atoms with Crippen LogP contribution in [-0.4, -0.2) is 38.7 Å². The number of halogens is 1. The first-order chi connectivity index (χ1) is 10.2. The second kappa shape index (κ2) is 6.39. The fraction of sp³-hybridized carbons (Fsp3) is 0.400. The van der Waals surface area contributed by atoms with Crippen LogP contribution < -0.4 is 0 Å². The van der Waals surface area contributed by atoms with Crippen molar-refractivity contribution in [1.82, 2.24) is 19.7 Å². The van der Waals surface area contributed by atoms with Crippen molar-refractivity contribution in [2.75, 3.05) is 13.1 Å². The van der Waals surface area contributed by atoms with E-state index in [1.807, 2.05) is 33.8 Å². The number of hydrogen-bond acceptors (Lipinski definition) is 3. The minimum Gasteiger partial charge on any atom is -0.340 e. The van der Waals surface area contributed by atoms with Crippen molar-refractivity contribution in [3.05, 3.63) is 47.0 Å². The van der Waals surface area contributed by atoms with E-state index in [0.717, 1.165) is 36.0 Å². The minimum atomic E-state index is 0.183. The Morgan fingerprint density at radius 2 is 2.14 bits per heavy atom. The van der Waals surface area contributed by atoms with E-state index in [0.29, 0.717) is 6.42 Å². The van der Waals surface area contributed by atoms with E-state index >= 15 is 0 Å². The van der Waals surface area contributed by atoms with Gasteiger partial charge in [0, 0.05) is 17.6 Å². The lowest BCUT2D eigenvalue weighted by atomic mass is 10.0. The number of nitrogens with zero attached hydrogens (tertiary/aromatic N) is 4. The molecular weight excluding hydrogens is 332 g/mol. The second-order valence-corrected chi connectivity index (χ2v) is 6.23. The molecule has 1 aromatic heterocycles. The van der Waals surface area contributed by atoms with Gasteiger partial charge in [-0.2, -0.15) is 5.10 Å². The highest BCUT2D eigenvalue weighted by atomic mass is 79.9. The van der Waals surface area contributed by atoms with Gasteiger partial charge in [-0.05, 0) is 30.5 Å². The maximum Gasteiger partial charge on any atom is 0.227 e. The maximum absolute atomic E-state index is 12.4. The molecule has 110 valence electrons. The summed E-state index contributed by atoms with van der Waals surface area (Å²) in [7, 11) is 0. The number of carbonyl (C=O) groups is 1. The van der Waals surface area contributed by atoms with Crippen LogP contribution in [0, 0.1) is 0 Å². The van der Waals surface area contributed by atoms with Gasteiger partial charge in [-0.3, -0.25) is 4.79 Å². The average molecular weight is 349 g/mol. The molecule has 1 aromatic carbocycles. The molecule has 0 saturated carbocycles. The molecule has 0 aliphatic carbocycles. The van der Waals surface area contributed by atoms with Gasteiger partial charge in [0.15, 0.2) is 0 Å². The first-order valence-corrected chi connectivity index (χ1v) is 7.88. The van der Waals surface area contributed by atoms with Crippen molar-refractivity contribution in [2.24, 2.45) is 0 Å². The third-order valence-corrected chi connectivity index (χ3v) is 4.36. The van der Waals surface area contributed by atoms with Gasteiger partial charge in [-0.25, -0.2) is 9.67 Å². The topological polar surface area (TPSA) is 51.0 Å². The quantitative estimate of drug-likeness (QED) is 0.855. The van der Waals surface area contributed by atoms with E-state index in [2.05, 4.69) is 26.0 Å². The Bertz CT molecular complexity index is 597. The molecule has 21 heavy (non-hydrogen) atoms. The van der Waals surface area contributed by atoms with Gasteiger partial charge >= 0.3 is 0 Å². The van der Waals surface area contributed by atoms with Crippen molar-refractivity contribution < 1.29 is 4.79 Å². The number of amides is 1. The molecule has 1 saturated heterocycles. The number of benzene rings is 1. The molecular formula is C15H17BrN4O. The summed E-state index contributed by atoms with van der Waals surface area (Å²) in [6.07, 6.45) is 5.79. The van der Waals surface area contributed by atoms with Crippen molar-refractivity contribution in [2.45, 2.75) is 25.3 Å². The van der Waals surface area contributed by atoms with E-state index in [4.69, 9.17) is 0 Å². The zero-order chi connectivity index (χ0) is 14.7. The van der Waals surface area contributed by atoms with Gasteiger partial charge in [0.05, 0.1) is 12.5 Å². The van der Waals surface area contributed by atoms with Crippen LogP contribution in [0.15, 0.2) is 41.4 Å². The number of carbonyl (C=O) groups excluding carboxylic acids is 1.